The van der Waals surface area contributed by atoms with Crippen LogP contribution in [0.2, 0.25) is 5.28 Å². The van der Waals surface area contributed by atoms with Gasteiger partial charge in [-0.15, -0.1) is 10.2 Å². The first kappa shape index (κ1) is 9.00. The number of hydrogen-bond acceptors (Lipinski definition) is 2. The molecule has 1 saturated carbocycles. The number of nitrogens with zero attached hydrogens (tertiary/aromatic N) is 3. The maximum absolute atomic E-state index is 5.97. The minimum atomic E-state index is 0.538. The summed E-state index contributed by atoms with van der Waals surface area (Å²) in [6.07, 6.45) is 6.41. The number of aromatic nitrogens is 3. The molecule has 0 amide bonds. The lowest BCUT2D eigenvalue weighted by molar-refractivity contribution is 0.348. The lowest BCUT2D eigenvalue weighted by Gasteiger charge is -2.23. The van der Waals surface area contributed by atoms with Crippen LogP contribution < -0.4 is 0 Å². The van der Waals surface area contributed by atoms with Gasteiger partial charge in [-0.05, 0) is 31.4 Å². The molecular weight excluding hydrogens is 186 g/mol. The Kier molecular flexibility index (Phi) is 2.54. The van der Waals surface area contributed by atoms with Gasteiger partial charge in [-0.3, -0.25) is 4.57 Å². The molecule has 0 spiro atoms. The molecule has 2 rings (SSSR count). The first-order valence-electron chi connectivity index (χ1n) is 4.86. The molecule has 1 aromatic heterocycles. The highest BCUT2D eigenvalue weighted by molar-refractivity contribution is 6.28. The molecule has 0 atom stereocenters. The van der Waals surface area contributed by atoms with Gasteiger partial charge >= 0.3 is 0 Å². The second kappa shape index (κ2) is 3.66. The van der Waals surface area contributed by atoms with Crippen molar-refractivity contribution in [1.82, 2.24) is 14.8 Å². The highest BCUT2D eigenvalue weighted by atomic mass is 35.5. The van der Waals surface area contributed by atoms with Crippen molar-refractivity contribution in [3.63, 3.8) is 0 Å². The van der Waals surface area contributed by atoms with Crippen LogP contribution in [0.5, 0.6) is 0 Å². The van der Waals surface area contributed by atoms with E-state index in [0.29, 0.717) is 11.3 Å². The van der Waals surface area contributed by atoms with Crippen molar-refractivity contribution < 1.29 is 0 Å². The summed E-state index contributed by atoms with van der Waals surface area (Å²) in [5, 5.41) is 8.39. The average molecular weight is 200 g/mol. The largest absolute Gasteiger partial charge is 0.299 e. The Balaban J connectivity index is 2.22. The molecule has 0 N–H and O–H groups in total. The van der Waals surface area contributed by atoms with Crippen molar-refractivity contribution >= 4 is 11.6 Å². The van der Waals surface area contributed by atoms with E-state index in [1.165, 1.54) is 32.1 Å². The van der Waals surface area contributed by atoms with E-state index in [2.05, 4.69) is 14.8 Å². The van der Waals surface area contributed by atoms with Gasteiger partial charge in [0.15, 0.2) is 0 Å². The minimum absolute atomic E-state index is 0.538. The Morgan fingerprint density at radius 3 is 2.46 bits per heavy atom. The lowest BCUT2D eigenvalue weighted by atomic mass is 9.95. The zero-order valence-corrected chi connectivity index (χ0v) is 8.59. The van der Waals surface area contributed by atoms with Crippen molar-refractivity contribution in [3.05, 3.63) is 11.1 Å². The standard InChI is InChI=1S/C9H14ClN3/c1-7-11-12-9(10)13(7)8-5-3-2-4-6-8/h8H,2-6H2,1H3. The zero-order valence-electron chi connectivity index (χ0n) is 7.83. The van der Waals surface area contributed by atoms with Crippen LogP contribution >= 0.6 is 11.6 Å². The summed E-state index contributed by atoms with van der Waals surface area (Å²) in [5.41, 5.74) is 0. The van der Waals surface area contributed by atoms with E-state index in [-0.39, 0.29) is 0 Å². The van der Waals surface area contributed by atoms with E-state index >= 15 is 0 Å². The summed E-state index contributed by atoms with van der Waals surface area (Å²) in [7, 11) is 0. The van der Waals surface area contributed by atoms with E-state index in [9.17, 15) is 0 Å². The van der Waals surface area contributed by atoms with Crippen LogP contribution in [0, 0.1) is 6.92 Å². The third-order valence-electron chi connectivity index (χ3n) is 2.76. The number of aryl methyl sites for hydroxylation is 1. The molecule has 0 radical (unpaired) electrons. The molecule has 13 heavy (non-hydrogen) atoms. The van der Waals surface area contributed by atoms with Gasteiger partial charge in [0.05, 0.1) is 0 Å². The van der Waals surface area contributed by atoms with E-state index in [4.69, 9.17) is 11.6 Å². The minimum Gasteiger partial charge on any atom is -0.299 e. The number of hydrogen-bond donors (Lipinski definition) is 0. The molecule has 1 aliphatic carbocycles. The summed E-state index contributed by atoms with van der Waals surface area (Å²) < 4.78 is 2.07. The smallest absolute Gasteiger partial charge is 0.225 e. The monoisotopic (exact) mass is 199 g/mol. The van der Waals surface area contributed by atoms with Crippen molar-refractivity contribution in [2.45, 2.75) is 45.1 Å². The zero-order chi connectivity index (χ0) is 9.26. The number of rotatable bonds is 1. The Morgan fingerprint density at radius 1 is 1.23 bits per heavy atom. The van der Waals surface area contributed by atoms with Gasteiger partial charge in [-0.2, -0.15) is 0 Å². The molecular formula is C9H14ClN3. The Hall–Kier alpha value is -0.570. The van der Waals surface area contributed by atoms with Crippen molar-refractivity contribution in [2.75, 3.05) is 0 Å². The predicted molar refractivity (Wildman–Crippen MR) is 51.9 cm³/mol. The third kappa shape index (κ3) is 1.70. The fraction of sp³-hybridized carbons (Fsp3) is 0.778. The average Bonchev–Trinajstić information content (AvgIpc) is 2.48. The summed E-state index contributed by atoms with van der Waals surface area (Å²) in [6.45, 7) is 1.97. The van der Waals surface area contributed by atoms with E-state index < -0.39 is 0 Å². The molecule has 1 aliphatic rings. The first-order valence-corrected chi connectivity index (χ1v) is 5.24. The van der Waals surface area contributed by atoms with Crippen molar-refractivity contribution in [3.8, 4) is 0 Å². The summed E-state index contributed by atoms with van der Waals surface area (Å²) in [4.78, 5) is 0. The molecule has 3 nitrogen and oxygen atoms in total. The molecule has 1 heterocycles. The second-order valence-electron chi connectivity index (χ2n) is 3.68. The Bertz CT molecular complexity index is 270. The van der Waals surface area contributed by atoms with Gasteiger partial charge in [-0.25, -0.2) is 0 Å². The molecule has 72 valence electrons. The van der Waals surface area contributed by atoms with Crippen LogP contribution in [0.1, 0.15) is 44.0 Å². The maximum atomic E-state index is 5.97. The fourth-order valence-electron chi connectivity index (χ4n) is 2.10. The van der Waals surface area contributed by atoms with Crippen LogP contribution in [0.4, 0.5) is 0 Å². The van der Waals surface area contributed by atoms with Crippen molar-refractivity contribution in [1.29, 1.82) is 0 Å². The Labute approximate surface area is 83.1 Å². The van der Waals surface area contributed by atoms with E-state index in [0.717, 1.165) is 5.82 Å². The van der Waals surface area contributed by atoms with Crippen LogP contribution in [-0.4, -0.2) is 14.8 Å². The first-order chi connectivity index (χ1) is 6.29. The van der Waals surface area contributed by atoms with Crippen LogP contribution in [-0.2, 0) is 0 Å². The second-order valence-corrected chi connectivity index (χ2v) is 4.02. The van der Waals surface area contributed by atoms with Gasteiger partial charge in [0.25, 0.3) is 0 Å². The number of halogens is 1. The molecule has 0 aliphatic heterocycles. The molecule has 1 fully saturated rings. The third-order valence-corrected chi connectivity index (χ3v) is 3.02. The normalized spacial score (nSPS) is 19.2. The van der Waals surface area contributed by atoms with Gasteiger partial charge in [-0.1, -0.05) is 19.3 Å². The topological polar surface area (TPSA) is 30.7 Å². The summed E-state index contributed by atoms with van der Waals surface area (Å²) in [5.74, 6) is 0.942. The van der Waals surface area contributed by atoms with Gasteiger partial charge in [0.1, 0.15) is 5.82 Å². The van der Waals surface area contributed by atoms with Crippen LogP contribution in [0.3, 0.4) is 0 Å². The Morgan fingerprint density at radius 2 is 1.92 bits per heavy atom. The molecule has 4 heteroatoms. The molecule has 0 aromatic carbocycles. The SMILES string of the molecule is Cc1nnc(Cl)n1C1CCCCC1. The van der Waals surface area contributed by atoms with Gasteiger partial charge < -0.3 is 0 Å². The fourth-order valence-corrected chi connectivity index (χ4v) is 2.40. The molecule has 0 saturated heterocycles. The molecule has 0 bridgehead atoms. The molecule has 0 unspecified atom stereocenters. The quantitative estimate of drug-likeness (QED) is 0.697. The highest BCUT2D eigenvalue weighted by Gasteiger charge is 2.19. The van der Waals surface area contributed by atoms with Crippen molar-refractivity contribution in [2.24, 2.45) is 0 Å². The van der Waals surface area contributed by atoms with E-state index in [1.807, 2.05) is 6.92 Å². The highest BCUT2D eigenvalue weighted by Crippen LogP contribution is 2.30. The van der Waals surface area contributed by atoms with Gasteiger partial charge in [0, 0.05) is 6.04 Å². The van der Waals surface area contributed by atoms with Gasteiger partial charge in [0.2, 0.25) is 5.28 Å². The van der Waals surface area contributed by atoms with Crippen LogP contribution in [0.25, 0.3) is 0 Å². The van der Waals surface area contributed by atoms with Crippen LogP contribution in [0.15, 0.2) is 0 Å². The van der Waals surface area contributed by atoms with E-state index in [1.54, 1.807) is 0 Å². The molecule has 1 aromatic rings. The maximum Gasteiger partial charge on any atom is 0.225 e. The summed E-state index contributed by atoms with van der Waals surface area (Å²) in [6, 6.07) is 0.538. The predicted octanol–water partition coefficient (Wildman–Crippen LogP) is 2.75. The lowest BCUT2D eigenvalue weighted by Crippen LogP contribution is -2.14. The summed E-state index contributed by atoms with van der Waals surface area (Å²) >= 11 is 5.97.